The van der Waals surface area contributed by atoms with Crippen LogP contribution in [0, 0.1) is 5.82 Å². The molecule has 1 fully saturated rings. The summed E-state index contributed by atoms with van der Waals surface area (Å²) in [5.74, 6) is 2.06. The van der Waals surface area contributed by atoms with Gasteiger partial charge >= 0.3 is 0 Å². The van der Waals surface area contributed by atoms with Gasteiger partial charge in [-0.15, -0.1) is 0 Å². The standard InChI is InChI=1S/C16H18FN3S/c1-2-8-18-14-10-15(20-16(19-14)11-6-7-11)21-13-5-3-4-12(17)9-13/h3-5,9-11H,2,6-8H2,1H3,(H,18,19,20). The van der Waals surface area contributed by atoms with E-state index in [1.807, 2.05) is 12.1 Å². The lowest BCUT2D eigenvalue weighted by Crippen LogP contribution is -2.05. The number of rotatable bonds is 6. The highest BCUT2D eigenvalue weighted by Crippen LogP contribution is 2.39. The minimum atomic E-state index is -0.221. The van der Waals surface area contributed by atoms with E-state index in [0.717, 1.165) is 34.5 Å². The number of benzene rings is 1. The lowest BCUT2D eigenvalue weighted by Gasteiger charge is -2.09. The zero-order valence-electron chi connectivity index (χ0n) is 12.0. The number of nitrogens with zero attached hydrogens (tertiary/aromatic N) is 2. The number of halogens is 1. The van der Waals surface area contributed by atoms with Gasteiger partial charge in [-0.1, -0.05) is 24.8 Å². The molecule has 0 amide bonds. The van der Waals surface area contributed by atoms with Crippen molar-refractivity contribution in [3.05, 3.63) is 42.0 Å². The molecule has 1 N–H and O–H groups in total. The van der Waals surface area contributed by atoms with Gasteiger partial charge in [0.05, 0.1) is 0 Å². The van der Waals surface area contributed by atoms with Gasteiger partial charge in [-0.2, -0.15) is 0 Å². The summed E-state index contributed by atoms with van der Waals surface area (Å²) >= 11 is 1.48. The molecule has 0 saturated heterocycles. The average molecular weight is 303 g/mol. The number of hydrogen-bond acceptors (Lipinski definition) is 4. The van der Waals surface area contributed by atoms with Gasteiger partial charge in [-0.25, -0.2) is 14.4 Å². The third-order valence-corrected chi connectivity index (χ3v) is 4.14. The van der Waals surface area contributed by atoms with Crippen molar-refractivity contribution in [2.45, 2.75) is 42.0 Å². The summed E-state index contributed by atoms with van der Waals surface area (Å²) in [6.07, 6.45) is 3.39. The van der Waals surface area contributed by atoms with Crippen molar-refractivity contribution in [1.29, 1.82) is 0 Å². The van der Waals surface area contributed by atoms with Crippen molar-refractivity contribution in [3.8, 4) is 0 Å². The Hall–Kier alpha value is -1.62. The van der Waals surface area contributed by atoms with E-state index in [4.69, 9.17) is 0 Å². The summed E-state index contributed by atoms with van der Waals surface area (Å²) < 4.78 is 13.3. The van der Waals surface area contributed by atoms with Crippen LogP contribution in [0.3, 0.4) is 0 Å². The van der Waals surface area contributed by atoms with E-state index in [0.29, 0.717) is 5.92 Å². The van der Waals surface area contributed by atoms with E-state index in [-0.39, 0.29) is 5.82 Å². The molecule has 5 heteroatoms. The highest BCUT2D eigenvalue weighted by molar-refractivity contribution is 7.99. The van der Waals surface area contributed by atoms with Crippen molar-refractivity contribution in [1.82, 2.24) is 9.97 Å². The van der Waals surface area contributed by atoms with E-state index < -0.39 is 0 Å². The largest absolute Gasteiger partial charge is 0.370 e. The third-order valence-electron chi connectivity index (χ3n) is 3.24. The molecule has 0 bridgehead atoms. The van der Waals surface area contributed by atoms with Crippen LogP contribution in [-0.4, -0.2) is 16.5 Å². The van der Waals surface area contributed by atoms with Gasteiger partial charge in [0.25, 0.3) is 0 Å². The molecule has 3 rings (SSSR count). The van der Waals surface area contributed by atoms with Crippen LogP contribution in [0.15, 0.2) is 40.3 Å². The van der Waals surface area contributed by atoms with Gasteiger partial charge < -0.3 is 5.32 Å². The van der Waals surface area contributed by atoms with Crippen molar-refractivity contribution in [2.75, 3.05) is 11.9 Å². The van der Waals surface area contributed by atoms with Crippen LogP contribution in [0.1, 0.15) is 37.9 Å². The normalized spacial score (nSPS) is 14.2. The summed E-state index contributed by atoms with van der Waals surface area (Å²) in [5, 5.41) is 4.19. The number of hydrogen-bond donors (Lipinski definition) is 1. The fraction of sp³-hybridized carbons (Fsp3) is 0.375. The molecule has 0 aliphatic heterocycles. The molecule has 1 aliphatic carbocycles. The molecule has 0 radical (unpaired) electrons. The first kappa shape index (κ1) is 14.3. The quantitative estimate of drug-likeness (QED) is 0.799. The topological polar surface area (TPSA) is 37.8 Å². The molecule has 0 spiro atoms. The molecule has 3 nitrogen and oxygen atoms in total. The Morgan fingerprint density at radius 2 is 2.14 bits per heavy atom. The van der Waals surface area contributed by atoms with Crippen LogP contribution < -0.4 is 5.32 Å². The van der Waals surface area contributed by atoms with Crippen LogP contribution >= 0.6 is 11.8 Å². The van der Waals surface area contributed by atoms with Crippen LogP contribution in [0.5, 0.6) is 0 Å². The van der Waals surface area contributed by atoms with E-state index >= 15 is 0 Å². The Labute approximate surface area is 128 Å². The number of anilines is 1. The smallest absolute Gasteiger partial charge is 0.135 e. The first-order chi connectivity index (χ1) is 10.2. The summed E-state index contributed by atoms with van der Waals surface area (Å²) in [7, 11) is 0. The molecule has 110 valence electrons. The van der Waals surface area contributed by atoms with E-state index in [1.165, 1.54) is 36.7 Å². The third kappa shape index (κ3) is 3.94. The Balaban J connectivity index is 1.84. The van der Waals surface area contributed by atoms with Gasteiger partial charge in [0.1, 0.15) is 22.5 Å². The predicted molar refractivity (Wildman–Crippen MR) is 83.3 cm³/mol. The monoisotopic (exact) mass is 303 g/mol. The first-order valence-corrected chi connectivity index (χ1v) is 8.12. The summed E-state index contributed by atoms with van der Waals surface area (Å²) in [5.41, 5.74) is 0. The van der Waals surface area contributed by atoms with E-state index in [1.54, 1.807) is 6.07 Å². The van der Waals surface area contributed by atoms with Gasteiger partial charge in [0.2, 0.25) is 0 Å². The summed E-state index contributed by atoms with van der Waals surface area (Å²) in [6, 6.07) is 8.54. The minimum absolute atomic E-state index is 0.221. The maximum atomic E-state index is 13.3. The Morgan fingerprint density at radius 1 is 1.29 bits per heavy atom. The van der Waals surface area contributed by atoms with E-state index in [2.05, 4.69) is 22.2 Å². The SMILES string of the molecule is CCCNc1cc(Sc2cccc(F)c2)nc(C2CC2)n1. The average Bonchev–Trinajstić information content (AvgIpc) is 3.29. The van der Waals surface area contributed by atoms with Crippen LogP contribution in [0.4, 0.5) is 10.2 Å². The molecule has 1 aromatic carbocycles. The molecular weight excluding hydrogens is 285 g/mol. The second kappa shape index (κ2) is 6.43. The highest BCUT2D eigenvalue weighted by Gasteiger charge is 2.27. The molecule has 2 aromatic rings. The molecule has 1 aliphatic rings. The number of aromatic nitrogens is 2. The molecule has 1 saturated carbocycles. The van der Waals surface area contributed by atoms with Gasteiger partial charge in [-0.05, 0) is 37.5 Å². The Kier molecular flexibility index (Phi) is 4.39. The molecule has 1 aromatic heterocycles. The molecule has 0 atom stereocenters. The first-order valence-electron chi connectivity index (χ1n) is 7.31. The maximum absolute atomic E-state index is 13.3. The van der Waals surface area contributed by atoms with Crippen molar-refractivity contribution in [3.63, 3.8) is 0 Å². The Morgan fingerprint density at radius 3 is 2.86 bits per heavy atom. The molecular formula is C16H18FN3S. The summed E-state index contributed by atoms with van der Waals surface area (Å²) in [4.78, 5) is 10.1. The predicted octanol–water partition coefficient (Wildman–Crippen LogP) is 4.47. The van der Waals surface area contributed by atoms with Gasteiger partial charge in [-0.3, -0.25) is 0 Å². The fourth-order valence-electron chi connectivity index (χ4n) is 2.01. The number of nitrogens with one attached hydrogen (secondary N) is 1. The maximum Gasteiger partial charge on any atom is 0.135 e. The molecule has 0 unspecified atom stereocenters. The minimum Gasteiger partial charge on any atom is -0.370 e. The van der Waals surface area contributed by atoms with Crippen LogP contribution in [-0.2, 0) is 0 Å². The second-order valence-electron chi connectivity index (χ2n) is 5.21. The highest BCUT2D eigenvalue weighted by atomic mass is 32.2. The second-order valence-corrected chi connectivity index (χ2v) is 6.30. The van der Waals surface area contributed by atoms with Crippen molar-refractivity contribution < 1.29 is 4.39 Å². The lowest BCUT2D eigenvalue weighted by atomic mass is 10.3. The van der Waals surface area contributed by atoms with Gasteiger partial charge in [0, 0.05) is 23.4 Å². The molecule has 1 heterocycles. The van der Waals surface area contributed by atoms with Crippen LogP contribution in [0.2, 0.25) is 0 Å². The Bertz CT molecular complexity index is 629. The van der Waals surface area contributed by atoms with Gasteiger partial charge in [0.15, 0.2) is 0 Å². The zero-order valence-corrected chi connectivity index (χ0v) is 12.8. The lowest BCUT2D eigenvalue weighted by molar-refractivity contribution is 0.624. The van der Waals surface area contributed by atoms with Crippen molar-refractivity contribution >= 4 is 17.6 Å². The van der Waals surface area contributed by atoms with Crippen LogP contribution in [0.25, 0.3) is 0 Å². The fourth-order valence-corrected chi connectivity index (χ4v) is 2.88. The molecule has 21 heavy (non-hydrogen) atoms. The zero-order chi connectivity index (χ0) is 14.7. The van der Waals surface area contributed by atoms with Crippen molar-refractivity contribution in [2.24, 2.45) is 0 Å². The van der Waals surface area contributed by atoms with E-state index in [9.17, 15) is 4.39 Å². The summed E-state index contributed by atoms with van der Waals surface area (Å²) in [6.45, 7) is 3.02.